The zero-order chi connectivity index (χ0) is 52.4. The largest absolute Gasteiger partial charge is 0.482 e. The minimum atomic E-state index is -1.63. The van der Waals surface area contributed by atoms with E-state index < -0.39 is 63.9 Å². The number of carboxylic acids is 1. The number of aliphatic carboxylic acids is 1. The van der Waals surface area contributed by atoms with Crippen molar-refractivity contribution < 1.29 is 66.5 Å². The second-order valence-corrected chi connectivity index (χ2v) is 18.2. The summed E-state index contributed by atoms with van der Waals surface area (Å²) in [6.45, 7) is 10.5. The number of aromatic nitrogens is 6. The third kappa shape index (κ3) is 11.5. The molecule has 0 spiro atoms. The van der Waals surface area contributed by atoms with Crippen LogP contribution in [0, 0.1) is 11.6 Å². The zero-order valence-electron chi connectivity index (χ0n) is 39.5. The van der Waals surface area contributed by atoms with Gasteiger partial charge < -0.3 is 51.2 Å². The Hall–Kier alpha value is -9.10. The number of anilines is 2. The van der Waals surface area contributed by atoms with Crippen LogP contribution < -0.4 is 41.4 Å². The van der Waals surface area contributed by atoms with Gasteiger partial charge in [-0.2, -0.15) is 10.2 Å². The standard InChI is InChI=1S/C25H27FN6O6.C21H19FN6O6/c1-24(2,3)38-23(36)25(4,5)31-22(35)17-9-16(30-20-14(26)11-28-32(17)20)21(34)27-10-13-6-7-18-15(8-13)29-19(33)12-37-18;1-21(2,20(32)33)27-19(31)14-6-13(26-17-11(22)8-24-28(14)17)18(30)23-7-10-3-4-15-12(5-10)25-16(29)9-34-15/h6-9,11H,10,12H2,1-5H3,(H,27,34)(H,29,33)(H,31,35);3-6,8H,7,9H2,1-2H3,(H,23,30)(H,25,29)(H,27,31)(H,32,33). The van der Waals surface area contributed by atoms with E-state index in [2.05, 4.69) is 52.1 Å². The van der Waals surface area contributed by atoms with Crippen LogP contribution in [0.1, 0.15) is 102 Å². The van der Waals surface area contributed by atoms with E-state index in [1.165, 1.54) is 27.7 Å². The van der Waals surface area contributed by atoms with Crippen LogP contribution in [0.2, 0.25) is 0 Å². The predicted octanol–water partition coefficient (Wildman–Crippen LogP) is 2.70. The molecule has 0 unspecified atom stereocenters. The Morgan fingerprint density at radius 2 is 1.07 bits per heavy atom. The highest BCUT2D eigenvalue weighted by atomic mass is 19.1. The van der Waals surface area contributed by atoms with E-state index in [4.69, 9.17) is 14.2 Å². The first-order chi connectivity index (χ1) is 33.8. The summed E-state index contributed by atoms with van der Waals surface area (Å²) in [5.74, 6) is -6.35. The normalized spacial score (nSPS) is 13.1. The van der Waals surface area contributed by atoms with Crippen molar-refractivity contribution in [3.8, 4) is 11.5 Å². The molecule has 0 bridgehead atoms. The van der Waals surface area contributed by atoms with Crippen LogP contribution in [0.4, 0.5) is 20.2 Å². The minimum absolute atomic E-state index is 0.0319. The number of hydrogen-bond acceptors (Lipinski definition) is 15. The van der Waals surface area contributed by atoms with Crippen LogP contribution in [0.5, 0.6) is 11.5 Å². The summed E-state index contributed by atoms with van der Waals surface area (Å²) < 4.78 is 46.4. The number of carbonyl (C=O) groups is 8. The molecule has 26 heteroatoms. The molecule has 0 saturated carbocycles. The van der Waals surface area contributed by atoms with Crippen LogP contribution >= 0.6 is 0 Å². The quantitative estimate of drug-likeness (QED) is 0.0867. The number of fused-ring (bicyclic) bond motifs is 4. The average Bonchev–Trinajstić information content (AvgIpc) is 3.89. The van der Waals surface area contributed by atoms with E-state index in [0.29, 0.717) is 34.0 Å². The van der Waals surface area contributed by atoms with E-state index in [1.54, 1.807) is 57.2 Å². The van der Waals surface area contributed by atoms with Gasteiger partial charge in [0.15, 0.2) is 36.1 Å². The van der Waals surface area contributed by atoms with E-state index in [9.17, 15) is 52.2 Å². The number of hydrogen-bond donors (Lipinski definition) is 7. The third-order valence-electron chi connectivity index (χ3n) is 10.3. The summed E-state index contributed by atoms with van der Waals surface area (Å²) in [5, 5.41) is 32.3. The molecule has 0 saturated heterocycles. The lowest BCUT2D eigenvalue weighted by molar-refractivity contribution is -0.161. The number of nitrogens with zero attached hydrogens (tertiary/aromatic N) is 6. The van der Waals surface area contributed by atoms with Crippen LogP contribution in [-0.2, 0) is 37.0 Å². The van der Waals surface area contributed by atoms with Crippen molar-refractivity contribution in [3.63, 3.8) is 0 Å². The molecule has 6 aromatic rings. The molecule has 6 amide bonds. The van der Waals surface area contributed by atoms with Gasteiger partial charge in [0.25, 0.3) is 35.4 Å². The molecule has 72 heavy (non-hydrogen) atoms. The SMILES string of the molecule is CC(C)(C)OC(=O)C(C)(C)NC(=O)c1cc(C(=O)NCc2ccc3c(c2)NC(=O)CO3)nc2c(F)cnn12.CC(C)(NC(=O)c1cc(C(=O)NCc2ccc3c(c2)NC(=O)CO3)nc2c(F)cnn12)C(=O)O. The van der Waals surface area contributed by atoms with E-state index >= 15 is 0 Å². The van der Waals surface area contributed by atoms with Crippen molar-refractivity contribution in [1.82, 2.24) is 50.5 Å². The molecule has 8 rings (SSSR count). The lowest BCUT2D eigenvalue weighted by atomic mass is 10.0. The number of carboxylic acid groups (broad SMARTS) is 1. The summed E-state index contributed by atoms with van der Waals surface area (Å²) in [4.78, 5) is 107. The molecule has 0 aliphatic carbocycles. The Kier molecular flexibility index (Phi) is 13.9. The highest BCUT2D eigenvalue weighted by Crippen LogP contribution is 2.30. The maximum atomic E-state index is 14.4. The number of rotatable bonds is 12. The van der Waals surface area contributed by atoms with Crippen molar-refractivity contribution in [2.45, 2.75) is 78.2 Å². The van der Waals surface area contributed by atoms with Crippen molar-refractivity contribution >= 4 is 70.1 Å². The third-order valence-corrected chi connectivity index (χ3v) is 10.3. The molecule has 2 aliphatic heterocycles. The number of carbonyl (C=O) groups excluding carboxylic acids is 7. The highest BCUT2D eigenvalue weighted by Gasteiger charge is 2.36. The number of halogens is 2. The summed E-state index contributed by atoms with van der Waals surface area (Å²) in [6.07, 6.45) is 1.69. The van der Waals surface area contributed by atoms with Crippen molar-refractivity contribution in [1.29, 1.82) is 0 Å². The molecule has 0 fully saturated rings. The first-order valence-electron chi connectivity index (χ1n) is 21.7. The first-order valence-corrected chi connectivity index (χ1v) is 21.7. The Bertz CT molecular complexity index is 3230. The molecule has 24 nitrogen and oxygen atoms in total. The van der Waals surface area contributed by atoms with Crippen molar-refractivity contribution in [3.05, 3.63) is 106 Å². The summed E-state index contributed by atoms with van der Waals surface area (Å²) in [5.41, 5.74) is -3.37. The Morgan fingerprint density at radius 1 is 0.653 bits per heavy atom. The lowest BCUT2D eigenvalue weighted by Crippen LogP contribution is -2.52. The van der Waals surface area contributed by atoms with E-state index in [-0.39, 0.29) is 72.2 Å². The Morgan fingerprint density at radius 3 is 1.47 bits per heavy atom. The van der Waals surface area contributed by atoms with Gasteiger partial charge in [0, 0.05) is 25.2 Å². The second-order valence-electron chi connectivity index (χ2n) is 18.2. The van der Waals surface area contributed by atoms with Gasteiger partial charge in [0.2, 0.25) is 0 Å². The fraction of sp³-hybridized carbons (Fsp3) is 0.304. The first kappa shape index (κ1) is 50.8. The van der Waals surface area contributed by atoms with Gasteiger partial charge in [-0.15, -0.1) is 0 Å². The maximum absolute atomic E-state index is 14.4. The van der Waals surface area contributed by atoms with Crippen LogP contribution in [0.25, 0.3) is 11.3 Å². The van der Waals surface area contributed by atoms with Gasteiger partial charge >= 0.3 is 11.9 Å². The zero-order valence-corrected chi connectivity index (χ0v) is 39.5. The van der Waals surface area contributed by atoms with Gasteiger partial charge in [0.05, 0.1) is 23.8 Å². The lowest BCUT2D eigenvalue weighted by Gasteiger charge is -2.29. The van der Waals surface area contributed by atoms with E-state index in [1.807, 2.05) is 0 Å². The summed E-state index contributed by atoms with van der Waals surface area (Å²) in [7, 11) is 0. The van der Waals surface area contributed by atoms with Gasteiger partial charge in [-0.1, -0.05) is 12.1 Å². The number of amides is 6. The second kappa shape index (κ2) is 19.7. The van der Waals surface area contributed by atoms with Gasteiger partial charge in [-0.3, -0.25) is 28.8 Å². The highest BCUT2D eigenvalue weighted by molar-refractivity contribution is 6.02. The molecule has 6 heterocycles. The molecule has 4 aromatic heterocycles. The van der Waals surface area contributed by atoms with E-state index in [0.717, 1.165) is 33.6 Å². The van der Waals surface area contributed by atoms with Crippen LogP contribution in [-0.4, -0.2) is 112 Å². The molecule has 2 aliphatic rings. The maximum Gasteiger partial charge on any atom is 0.331 e. The van der Waals surface area contributed by atoms with Gasteiger partial charge in [-0.25, -0.2) is 37.4 Å². The molecule has 7 N–H and O–H groups in total. The number of ether oxygens (including phenoxy) is 3. The fourth-order valence-electron chi connectivity index (χ4n) is 6.66. The molecular formula is C46H46F2N12O12. The smallest absolute Gasteiger partial charge is 0.331 e. The number of benzene rings is 2. The number of esters is 1. The Labute approximate surface area is 406 Å². The number of nitrogens with one attached hydrogen (secondary N) is 6. The summed E-state index contributed by atoms with van der Waals surface area (Å²) >= 11 is 0. The van der Waals surface area contributed by atoms with Crippen molar-refractivity contribution in [2.75, 3.05) is 23.8 Å². The molecule has 0 radical (unpaired) electrons. The molecule has 376 valence electrons. The summed E-state index contributed by atoms with van der Waals surface area (Å²) in [6, 6.07) is 12.2. The van der Waals surface area contributed by atoms with Crippen LogP contribution in [0.15, 0.2) is 60.9 Å². The van der Waals surface area contributed by atoms with Crippen LogP contribution in [0.3, 0.4) is 0 Å². The Balaban J connectivity index is 0.000000213. The topological polar surface area (TPSA) is 317 Å². The monoisotopic (exact) mass is 996 g/mol. The minimum Gasteiger partial charge on any atom is -0.482 e. The fourth-order valence-corrected chi connectivity index (χ4v) is 6.66. The molecular weight excluding hydrogens is 951 g/mol. The van der Waals surface area contributed by atoms with Crippen molar-refractivity contribution in [2.24, 2.45) is 0 Å². The molecule has 0 atom stereocenters. The van der Waals surface area contributed by atoms with Gasteiger partial charge in [-0.05, 0) is 83.9 Å². The molecule has 2 aromatic carbocycles. The average molecular weight is 997 g/mol. The predicted molar refractivity (Wildman–Crippen MR) is 246 cm³/mol. The van der Waals surface area contributed by atoms with Gasteiger partial charge in [0.1, 0.15) is 51.0 Å².